The van der Waals surface area contributed by atoms with E-state index in [4.69, 9.17) is 0 Å². The molecule has 0 aromatic heterocycles. The van der Waals surface area contributed by atoms with Crippen LogP contribution in [0.5, 0.6) is 11.5 Å². The van der Waals surface area contributed by atoms with Crippen molar-refractivity contribution in [3.63, 3.8) is 0 Å². The first-order valence-electron chi connectivity index (χ1n) is 10.2. The fourth-order valence-corrected chi connectivity index (χ4v) is 2.74. The van der Waals surface area contributed by atoms with Gasteiger partial charge in [-0.05, 0) is 47.5 Å². The van der Waals surface area contributed by atoms with Gasteiger partial charge >= 0.3 is 0 Å². The molecule has 2 rings (SSSR count). The zero-order valence-corrected chi connectivity index (χ0v) is 18.1. The summed E-state index contributed by atoms with van der Waals surface area (Å²) in [5, 5.41) is 26.5. The summed E-state index contributed by atoms with van der Waals surface area (Å²) < 4.78 is 0. The number of carbonyl (C=O) groups is 1. The number of carbonyl (C=O) groups excluding carboxylic acids is 1. The molecule has 4 N–H and O–H groups in total. The van der Waals surface area contributed by atoms with Crippen LogP contribution < -0.4 is 10.6 Å². The van der Waals surface area contributed by atoms with Crippen LogP contribution in [0.3, 0.4) is 0 Å². The second kappa shape index (κ2) is 11.3. The lowest BCUT2D eigenvalue weighted by molar-refractivity contribution is -0.110. The summed E-state index contributed by atoms with van der Waals surface area (Å²) in [4.78, 5) is 12.2. The van der Waals surface area contributed by atoms with Gasteiger partial charge in [0.25, 0.3) is 0 Å². The average molecular weight is 409 g/mol. The molecule has 2 aromatic rings. The van der Waals surface area contributed by atoms with Crippen molar-refractivity contribution in [3.8, 4) is 11.5 Å². The van der Waals surface area contributed by atoms with Crippen LogP contribution in [0.1, 0.15) is 49.9 Å². The SMILES string of the molecule is CC(C)NCc1cc(/C=C/C(=O)/C=C/c2ccc(O)c(CNC(C)C)c2)ccc1O. The smallest absolute Gasteiger partial charge is 0.178 e. The van der Waals surface area contributed by atoms with Crippen molar-refractivity contribution in [2.45, 2.75) is 52.9 Å². The third kappa shape index (κ3) is 7.85. The van der Waals surface area contributed by atoms with Crippen molar-refractivity contribution in [1.82, 2.24) is 10.6 Å². The van der Waals surface area contributed by atoms with E-state index in [0.717, 1.165) is 22.3 Å². The van der Waals surface area contributed by atoms with Gasteiger partial charge in [0.2, 0.25) is 0 Å². The van der Waals surface area contributed by atoms with Crippen LogP contribution in [-0.4, -0.2) is 28.1 Å². The number of hydrogen-bond acceptors (Lipinski definition) is 5. The molecular formula is C25H32N2O3. The average Bonchev–Trinajstić information content (AvgIpc) is 2.70. The highest BCUT2D eigenvalue weighted by atomic mass is 16.3. The van der Waals surface area contributed by atoms with Crippen molar-refractivity contribution in [1.29, 1.82) is 0 Å². The molecule has 0 saturated carbocycles. The van der Waals surface area contributed by atoms with E-state index >= 15 is 0 Å². The van der Waals surface area contributed by atoms with E-state index in [9.17, 15) is 15.0 Å². The summed E-state index contributed by atoms with van der Waals surface area (Å²) >= 11 is 0. The topological polar surface area (TPSA) is 81.6 Å². The molecule has 0 saturated heterocycles. The van der Waals surface area contributed by atoms with Gasteiger partial charge in [0.1, 0.15) is 11.5 Å². The van der Waals surface area contributed by atoms with Gasteiger partial charge in [-0.25, -0.2) is 0 Å². The van der Waals surface area contributed by atoms with E-state index in [-0.39, 0.29) is 17.3 Å². The lowest BCUT2D eigenvalue weighted by Gasteiger charge is -2.10. The Morgan fingerprint density at radius 3 is 1.57 bits per heavy atom. The van der Waals surface area contributed by atoms with Crippen molar-refractivity contribution >= 4 is 17.9 Å². The second-order valence-corrected chi connectivity index (χ2v) is 7.92. The van der Waals surface area contributed by atoms with Crippen LogP contribution >= 0.6 is 0 Å². The molecule has 5 heteroatoms. The van der Waals surface area contributed by atoms with Crippen LogP contribution in [-0.2, 0) is 17.9 Å². The molecule has 30 heavy (non-hydrogen) atoms. The summed E-state index contributed by atoms with van der Waals surface area (Å²) in [6.45, 7) is 9.31. The van der Waals surface area contributed by atoms with E-state index in [2.05, 4.69) is 10.6 Å². The zero-order valence-electron chi connectivity index (χ0n) is 18.1. The van der Waals surface area contributed by atoms with Crippen LogP contribution in [0.2, 0.25) is 0 Å². The third-order valence-electron chi connectivity index (χ3n) is 4.49. The quantitative estimate of drug-likeness (QED) is 0.439. The maximum atomic E-state index is 12.2. The molecule has 0 aliphatic carbocycles. The molecule has 0 spiro atoms. The number of ketones is 1. The predicted octanol–water partition coefficient (Wildman–Crippen LogP) is 4.39. The van der Waals surface area contributed by atoms with Gasteiger partial charge in [0.15, 0.2) is 5.78 Å². The summed E-state index contributed by atoms with van der Waals surface area (Å²) in [6, 6.07) is 11.2. The molecule has 5 nitrogen and oxygen atoms in total. The molecule has 0 amide bonds. The molecule has 160 valence electrons. The zero-order chi connectivity index (χ0) is 22.1. The van der Waals surface area contributed by atoms with Crippen LogP contribution in [0.25, 0.3) is 12.2 Å². The van der Waals surface area contributed by atoms with Gasteiger partial charge in [-0.3, -0.25) is 4.79 Å². The Morgan fingerprint density at radius 2 is 1.20 bits per heavy atom. The fourth-order valence-electron chi connectivity index (χ4n) is 2.74. The lowest BCUT2D eigenvalue weighted by atomic mass is 10.1. The molecule has 0 aliphatic rings. The van der Waals surface area contributed by atoms with E-state index in [0.29, 0.717) is 25.2 Å². The minimum absolute atomic E-state index is 0.139. The molecule has 0 heterocycles. The van der Waals surface area contributed by atoms with Gasteiger partial charge < -0.3 is 20.8 Å². The second-order valence-electron chi connectivity index (χ2n) is 7.92. The van der Waals surface area contributed by atoms with Crippen molar-refractivity contribution < 1.29 is 15.0 Å². The third-order valence-corrected chi connectivity index (χ3v) is 4.49. The Morgan fingerprint density at radius 1 is 0.800 bits per heavy atom. The Hall–Kier alpha value is -2.89. The summed E-state index contributed by atoms with van der Waals surface area (Å²) in [5.41, 5.74) is 3.28. The summed E-state index contributed by atoms with van der Waals surface area (Å²) in [7, 11) is 0. The molecule has 0 atom stereocenters. The number of nitrogens with one attached hydrogen (secondary N) is 2. The first kappa shape index (κ1) is 23.4. The van der Waals surface area contributed by atoms with Gasteiger partial charge in [-0.1, -0.05) is 52.0 Å². The summed E-state index contributed by atoms with van der Waals surface area (Å²) in [5.74, 6) is 0.336. The maximum absolute atomic E-state index is 12.2. The first-order valence-corrected chi connectivity index (χ1v) is 10.2. The lowest BCUT2D eigenvalue weighted by Crippen LogP contribution is -2.21. The summed E-state index contributed by atoms with van der Waals surface area (Å²) in [6.07, 6.45) is 6.48. The van der Waals surface area contributed by atoms with Gasteiger partial charge in [-0.15, -0.1) is 0 Å². The van der Waals surface area contributed by atoms with E-state index < -0.39 is 0 Å². The Kier molecular flexibility index (Phi) is 8.84. The molecule has 0 fully saturated rings. The Labute approximate surface area is 179 Å². The Bertz CT molecular complexity index is 841. The highest BCUT2D eigenvalue weighted by Gasteiger charge is 2.04. The molecule has 0 aliphatic heterocycles. The van der Waals surface area contributed by atoms with Crippen LogP contribution in [0, 0.1) is 0 Å². The minimum Gasteiger partial charge on any atom is -0.508 e. The Balaban J connectivity index is 2.03. The minimum atomic E-state index is -0.139. The normalized spacial score (nSPS) is 11.9. The number of rotatable bonds is 10. The number of benzene rings is 2. The maximum Gasteiger partial charge on any atom is 0.178 e. The van der Waals surface area contributed by atoms with Crippen molar-refractivity contribution in [3.05, 3.63) is 70.8 Å². The van der Waals surface area contributed by atoms with Crippen molar-refractivity contribution in [2.75, 3.05) is 0 Å². The van der Waals surface area contributed by atoms with E-state index in [1.54, 1.807) is 36.4 Å². The number of phenolic OH excluding ortho intramolecular Hbond substituents is 2. The van der Waals surface area contributed by atoms with Gasteiger partial charge in [0, 0.05) is 36.3 Å². The van der Waals surface area contributed by atoms with E-state index in [1.165, 1.54) is 12.2 Å². The largest absolute Gasteiger partial charge is 0.508 e. The molecule has 0 unspecified atom stereocenters. The van der Waals surface area contributed by atoms with Crippen molar-refractivity contribution in [2.24, 2.45) is 0 Å². The standard InChI is InChI=1S/C25H32N2O3/c1-17(2)26-15-21-13-19(7-11-24(21)29)5-9-23(28)10-6-20-8-12-25(30)22(14-20)16-27-18(3)4/h5-14,17-18,26-27,29-30H,15-16H2,1-4H3/b9-5+,10-6+. The number of allylic oxidation sites excluding steroid dienone is 2. The van der Waals surface area contributed by atoms with Crippen LogP contribution in [0.4, 0.5) is 0 Å². The van der Waals surface area contributed by atoms with Gasteiger partial charge in [-0.2, -0.15) is 0 Å². The van der Waals surface area contributed by atoms with E-state index in [1.807, 2.05) is 39.8 Å². The number of phenols is 2. The fraction of sp³-hybridized carbons (Fsp3) is 0.320. The predicted molar refractivity (Wildman–Crippen MR) is 123 cm³/mol. The molecule has 0 radical (unpaired) electrons. The van der Waals surface area contributed by atoms with Crippen LogP contribution in [0.15, 0.2) is 48.6 Å². The first-order chi connectivity index (χ1) is 14.2. The highest BCUT2D eigenvalue weighted by Crippen LogP contribution is 2.20. The molecule has 0 bridgehead atoms. The highest BCUT2D eigenvalue weighted by molar-refractivity contribution is 6.04. The number of hydrogen-bond donors (Lipinski definition) is 4. The molecule has 2 aromatic carbocycles. The monoisotopic (exact) mass is 408 g/mol. The molecular weight excluding hydrogens is 376 g/mol. The van der Waals surface area contributed by atoms with Gasteiger partial charge in [0.05, 0.1) is 0 Å². The number of aromatic hydroxyl groups is 2.